The third-order valence-electron chi connectivity index (χ3n) is 3.84. The minimum absolute atomic E-state index is 0.0756. The Balaban J connectivity index is 2.29. The van der Waals surface area contributed by atoms with Crippen molar-refractivity contribution in [3.05, 3.63) is 45.0 Å². The zero-order valence-electron chi connectivity index (χ0n) is 13.2. The minimum atomic E-state index is 0.0756. The smallest absolute Gasteiger partial charge is 0.0804 e. The molecule has 0 aliphatic heterocycles. The molecule has 1 heterocycles. The SMILES string of the molecule is CCCc1nnsc1C(Cc1c(C)cc(C)cc1C)NN. The summed E-state index contributed by atoms with van der Waals surface area (Å²) >= 11 is 1.45. The highest BCUT2D eigenvalue weighted by atomic mass is 32.1. The summed E-state index contributed by atoms with van der Waals surface area (Å²) in [5.41, 5.74) is 9.33. The normalized spacial score (nSPS) is 12.6. The molecule has 1 unspecified atom stereocenters. The third-order valence-corrected chi connectivity index (χ3v) is 4.72. The lowest BCUT2D eigenvalue weighted by atomic mass is 9.93. The molecule has 0 aliphatic carbocycles. The number of nitrogens with zero attached hydrogens (tertiary/aromatic N) is 2. The molecule has 1 atom stereocenters. The monoisotopic (exact) mass is 304 g/mol. The van der Waals surface area contributed by atoms with Gasteiger partial charge in [-0.05, 0) is 61.8 Å². The Labute approximate surface area is 130 Å². The number of aryl methyl sites for hydroxylation is 4. The van der Waals surface area contributed by atoms with Gasteiger partial charge in [0.05, 0.1) is 16.6 Å². The van der Waals surface area contributed by atoms with Gasteiger partial charge >= 0.3 is 0 Å². The van der Waals surface area contributed by atoms with Crippen molar-refractivity contribution in [2.45, 2.75) is 53.0 Å². The van der Waals surface area contributed by atoms with Crippen molar-refractivity contribution >= 4 is 11.5 Å². The first-order valence-electron chi connectivity index (χ1n) is 7.40. The lowest BCUT2D eigenvalue weighted by molar-refractivity contribution is 0.551. The number of aromatic nitrogens is 2. The molecule has 1 aromatic heterocycles. The Bertz CT molecular complexity index is 583. The highest BCUT2D eigenvalue weighted by Crippen LogP contribution is 2.27. The van der Waals surface area contributed by atoms with Crippen molar-refractivity contribution < 1.29 is 0 Å². The number of benzene rings is 1. The molecule has 5 heteroatoms. The molecular formula is C16H24N4S. The Morgan fingerprint density at radius 1 is 1.24 bits per heavy atom. The van der Waals surface area contributed by atoms with E-state index in [4.69, 9.17) is 5.84 Å². The molecule has 3 N–H and O–H groups in total. The second-order valence-electron chi connectivity index (χ2n) is 5.63. The number of nitrogens with two attached hydrogens (primary N) is 1. The first-order chi connectivity index (χ1) is 10.1. The van der Waals surface area contributed by atoms with Crippen LogP contribution in [0.1, 0.15) is 52.2 Å². The van der Waals surface area contributed by atoms with Gasteiger partial charge in [0.2, 0.25) is 0 Å². The predicted octanol–water partition coefficient (Wildman–Crippen LogP) is 3.16. The maximum Gasteiger partial charge on any atom is 0.0804 e. The predicted molar refractivity (Wildman–Crippen MR) is 88.3 cm³/mol. The van der Waals surface area contributed by atoms with Gasteiger partial charge in [-0.1, -0.05) is 35.5 Å². The van der Waals surface area contributed by atoms with Crippen LogP contribution < -0.4 is 11.3 Å². The minimum Gasteiger partial charge on any atom is -0.271 e. The maximum atomic E-state index is 5.81. The van der Waals surface area contributed by atoms with E-state index in [9.17, 15) is 0 Å². The molecule has 0 spiro atoms. The van der Waals surface area contributed by atoms with Crippen LogP contribution in [-0.2, 0) is 12.8 Å². The quantitative estimate of drug-likeness (QED) is 0.635. The van der Waals surface area contributed by atoms with E-state index >= 15 is 0 Å². The van der Waals surface area contributed by atoms with Crippen LogP contribution in [0.25, 0.3) is 0 Å². The molecule has 0 saturated heterocycles. The van der Waals surface area contributed by atoms with Crippen LogP contribution in [-0.4, -0.2) is 9.59 Å². The van der Waals surface area contributed by atoms with Crippen molar-refractivity contribution in [1.82, 2.24) is 15.0 Å². The lowest BCUT2D eigenvalue weighted by Crippen LogP contribution is -2.30. The summed E-state index contributed by atoms with van der Waals surface area (Å²) in [6, 6.07) is 4.54. The second-order valence-corrected chi connectivity index (χ2v) is 6.42. The van der Waals surface area contributed by atoms with Gasteiger partial charge in [-0.3, -0.25) is 11.3 Å². The summed E-state index contributed by atoms with van der Waals surface area (Å²) in [6.07, 6.45) is 2.89. The van der Waals surface area contributed by atoms with Gasteiger partial charge in [0.1, 0.15) is 0 Å². The summed E-state index contributed by atoms with van der Waals surface area (Å²) < 4.78 is 4.11. The van der Waals surface area contributed by atoms with Crippen LogP contribution in [0.2, 0.25) is 0 Å². The van der Waals surface area contributed by atoms with E-state index in [-0.39, 0.29) is 6.04 Å². The number of hydrogen-bond acceptors (Lipinski definition) is 5. The van der Waals surface area contributed by atoms with Crippen molar-refractivity contribution in [3.63, 3.8) is 0 Å². The van der Waals surface area contributed by atoms with Crippen LogP contribution in [0.15, 0.2) is 12.1 Å². The van der Waals surface area contributed by atoms with Crippen LogP contribution in [0, 0.1) is 20.8 Å². The highest BCUT2D eigenvalue weighted by Gasteiger charge is 2.20. The Hall–Kier alpha value is -1.30. The molecule has 0 saturated carbocycles. The van der Waals surface area contributed by atoms with Gasteiger partial charge in [-0.2, -0.15) is 0 Å². The molecule has 1 aromatic carbocycles. The molecule has 4 nitrogen and oxygen atoms in total. The van der Waals surface area contributed by atoms with E-state index in [1.807, 2.05) is 0 Å². The van der Waals surface area contributed by atoms with Crippen LogP contribution in [0.3, 0.4) is 0 Å². The summed E-state index contributed by atoms with van der Waals surface area (Å²) in [6.45, 7) is 8.62. The maximum absolute atomic E-state index is 5.81. The summed E-state index contributed by atoms with van der Waals surface area (Å²) in [4.78, 5) is 1.17. The average molecular weight is 304 g/mol. The Morgan fingerprint density at radius 3 is 2.48 bits per heavy atom. The second kappa shape index (κ2) is 7.11. The first kappa shape index (κ1) is 16.1. The number of nitrogens with one attached hydrogen (secondary N) is 1. The fourth-order valence-corrected chi connectivity index (χ4v) is 3.61. The average Bonchev–Trinajstić information content (AvgIpc) is 2.87. The molecule has 0 amide bonds. The van der Waals surface area contributed by atoms with E-state index in [1.165, 1.54) is 38.7 Å². The number of hydrazine groups is 1. The number of hydrogen-bond donors (Lipinski definition) is 2. The van der Waals surface area contributed by atoms with Crippen molar-refractivity contribution in [2.75, 3.05) is 0 Å². The molecule has 0 bridgehead atoms. The molecule has 2 aromatic rings. The van der Waals surface area contributed by atoms with Crippen molar-refractivity contribution in [1.29, 1.82) is 0 Å². The Morgan fingerprint density at radius 2 is 1.90 bits per heavy atom. The Kier molecular flexibility index (Phi) is 5.45. The van der Waals surface area contributed by atoms with E-state index in [0.717, 1.165) is 25.0 Å². The largest absolute Gasteiger partial charge is 0.271 e. The molecule has 0 fully saturated rings. The van der Waals surface area contributed by atoms with Crippen molar-refractivity contribution in [3.8, 4) is 0 Å². The molecule has 114 valence electrons. The van der Waals surface area contributed by atoms with Gasteiger partial charge in [-0.25, -0.2) is 0 Å². The summed E-state index contributed by atoms with van der Waals surface area (Å²) in [5, 5.41) is 4.25. The number of rotatable bonds is 6. The highest BCUT2D eigenvalue weighted by molar-refractivity contribution is 7.05. The van der Waals surface area contributed by atoms with E-state index in [2.05, 4.69) is 54.8 Å². The summed E-state index contributed by atoms with van der Waals surface area (Å²) in [7, 11) is 0. The zero-order valence-corrected chi connectivity index (χ0v) is 14.0. The van der Waals surface area contributed by atoms with Gasteiger partial charge < -0.3 is 0 Å². The zero-order chi connectivity index (χ0) is 15.4. The fraction of sp³-hybridized carbons (Fsp3) is 0.500. The standard InChI is InChI=1S/C16H24N4S/c1-5-6-14-16(21-20-19-14)15(18-17)9-13-11(3)7-10(2)8-12(13)4/h7-8,15,18H,5-6,9,17H2,1-4H3. The van der Waals surface area contributed by atoms with E-state index in [0.29, 0.717) is 0 Å². The van der Waals surface area contributed by atoms with Crippen LogP contribution >= 0.6 is 11.5 Å². The molecule has 2 rings (SSSR count). The molecular weight excluding hydrogens is 280 g/mol. The van der Waals surface area contributed by atoms with Gasteiger partial charge in [0.15, 0.2) is 0 Å². The topological polar surface area (TPSA) is 63.8 Å². The summed E-state index contributed by atoms with van der Waals surface area (Å²) in [5.74, 6) is 5.81. The molecule has 0 radical (unpaired) electrons. The van der Waals surface area contributed by atoms with E-state index < -0.39 is 0 Å². The molecule has 21 heavy (non-hydrogen) atoms. The molecule has 0 aliphatic rings. The van der Waals surface area contributed by atoms with Crippen LogP contribution in [0.5, 0.6) is 0 Å². The van der Waals surface area contributed by atoms with Gasteiger partial charge in [0.25, 0.3) is 0 Å². The van der Waals surface area contributed by atoms with Gasteiger partial charge in [0, 0.05) is 0 Å². The lowest BCUT2D eigenvalue weighted by Gasteiger charge is -2.18. The fourth-order valence-electron chi connectivity index (χ4n) is 2.85. The van der Waals surface area contributed by atoms with E-state index in [1.54, 1.807) is 0 Å². The third kappa shape index (κ3) is 3.67. The van der Waals surface area contributed by atoms with Crippen LogP contribution in [0.4, 0.5) is 0 Å². The first-order valence-corrected chi connectivity index (χ1v) is 8.18. The van der Waals surface area contributed by atoms with Gasteiger partial charge in [-0.15, -0.1) is 5.10 Å². The van der Waals surface area contributed by atoms with Crippen molar-refractivity contribution in [2.24, 2.45) is 5.84 Å².